The summed E-state index contributed by atoms with van der Waals surface area (Å²) in [6, 6.07) is 6.34. The lowest BCUT2D eigenvalue weighted by atomic mass is 10.1. The number of hydrogen-bond acceptors (Lipinski definition) is 4. The first-order chi connectivity index (χ1) is 8.53. The first-order valence-electron chi connectivity index (χ1n) is 6.20. The molecule has 1 fully saturated rings. The lowest BCUT2D eigenvalue weighted by Gasteiger charge is -2.13. The van der Waals surface area contributed by atoms with Crippen LogP contribution in [0.25, 0.3) is 0 Å². The van der Waals surface area contributed by atoms with E-state index in [1.807, 2.05) is 6.07 Å². The van der Waals surface area contributed by atoms with E-state index in [1.165, 1.54) is 29.3 Å². The van der Waals surface area contributed by atoms with E-state index in [0.29, 0.717) is 0 Å². The molecule has 0 radical (unpaired) electrons. The lowest BCUT2D eigenvalue weighted by molar-refractivity contribution is 0.207. The topological polar surface area (TPSA) is 54.4 Å². The molecule has 1 aromatic carbocycles. The van der Waals surface area contributed by atoms with E-state index in [9.17, 15) is 13.5 Å². The van der Waals surface area contributed by atoms with Crippen LogP contribution in [0.5, 0.6) is 0 Å². The summed E-state index contributed by atoms with van der Waals surface area (Å²) in [6.07, 6.45) is 2.76. The van der Waals surface area contributed by atoms with Crippen molar-refractivity contribution in [3.63, 3.8) is 0 Å². The van der Waals surface area contributed by atoms with Crippen LogP contribution in [-0.2, 0) is 22.7 Å². The molecule has 1 aliphatic carbocycles. The van der Waals surface area contributed by atoms with E-state index in [0.717, 1.165) is 17.7 Å². The van der Waals surface area contributed by atoms with E-state index >= 15 is 0 Å². The zero-order valence-electron chi connectivity index (χ0n) is 10.0. The quantitative estimate of drug-likeness (QED) is 0.892. The molecule has 0 saturated carbocycles. The van der Waals surface area contributed by atoms with Crippen molar-refractivity contribution in [3.05, 3.63) is 29.3 Å². The summed E-state index contributed by atoms with van der Waals surface area (Å²) in [6.45, 7) is 0. The number of aliphatic hydroxyl groups excluding tert-OH is 1. The normalized spacial score (nSPS) is 29.4. The number of aryl methyl sites for hydroxylation is 2. The minimum Gasteiger partial charge on any atom is -0.391 e. The predicted molar refractivity (Wildman–Crippen MR) is 72.8 cm³/mol. The molecule has 3 nitrogen and oxygen atoms in total. The van der Waals surface area contributed by atoms with Crippen LogP contribution in [0, 0.1) is 0 Å². The van der Waals surface area contributed by atoms with Crippen molar-refractivity contribution in [2.45, 2.75) is 35.5 Å². The van der Waals surface area contributed by atoms with Gasteiger partial charge in [0.05, 0.1) is 22.9 Å². The largest absolute Gasteiger partial charge is 0.391 e. The minimum absolute atomic E-state index is 0.0877. The minimum atomic E-state index is -3.05. The van der Waals surface area contributed by atoms with Crippen LogP contribution in [-0.4, -0.2) is 36.4 Å². The third-order valence-corrected chi connectivity index (χ3v) is 6.87. The second-order valence-electron chi connectivity index (χ2n) is 5.08. The SMILES string of the molecule is O=S1(=O)CC(O)C(Sc2ccc3c(c2)CCC3)C1. The molecular formula is C13H16O3S2. The van der Waals surface area contributed by atoms with Gasteiger partial charge in [-0.25, -0.2) is 8.42 Å². The zero-order chi connectivity index (χ0) is 12.8. The number of sulfone groups is 1. The molecule has 1 saturated heterocycles. The Kier molecular flexibility index (Phi) is 3.16. The summed E-state index contributed by atoms with van der Waals surface area (Å²) in [5, 5.41) is 9.57. The van der Waals surface area contributed by atoms with E-state index in [4.69, 9.17) is 0 Å². The third kappa shape index (κ3) is 2.44. The number of hydrogen-bond donors (Lipinski definition) is 1. The molecule has 1 N–H and O–H groups in total. The zero-order valence-corrected chi connectivity index (χ0v) is 11.6. The van der Waals surface area contributed by atoms with Crippen molar-refractivity contribution in [3.8, 4) is 0 Å². The monoisotopic (exact) mass is 284 g/mol. The number of benzene rings is 1. The van der Waals surface area contributed by atoms with Gasteiger partial charge in [0.15, 0.2) is 9.84 Å². The average molecular weight is 284 g/mol. The highest BCUT2D eigenvalue weighted by molar-refractivity contribution is 8.02. The van der Waals surface area contributed by atoms with Gasteiger partial charge >= 0.3 is 0 Å². The fourth-order valence-corrected chi connectivity index (χ4v) is 6.29. The van der Waals surface area contributed by atoms with Crippen LogP contribution in [0.4, 0.5) is 0 Å². The Bertz CT molecular complexity index is 566. The fraction of sp³-hybridized carbons (Fsp3) is 0.538. The Labute approximate surface area is 112 Å². The fourth-order valence-electron chi connectivity index (χ4n) is 2.71. The number of fused-ring (bicyclic) bond motifs is 1. The smallest absolute Gasteiger partial charge is 0.154 e. The van der Waals surface area contributed by atoms with Crippen molar-refractivity contribution in [2.75, 3.05) is 11.5 Å². The van der Waals surface area contributed by atoms with Gasteiger partial charge in [-0.05, 0) is 42.5 Å². The first-order valence-corrected chi connectivity index (χ1v) is 8.90. The summed E-state index contributed by atoms with van der Waals surface area (Å²) in [4.78, 5) is 1.08. The van der Waals surface area contributed by atoms with Gasteiger partial charge < -0.3 is 5.11 Å². The van der Waals surface area contributed by atoms with Gasteiger partial charge in [-0.15, -0.1) is 11.8 Å². The molecule has 3 rings (SSSR count). The standard InChI is InChI=1S/C13H16O3S2/c14-12-7-18(15,16)8-13(12)17-11-5-4-9-2-1-3-10(9)6-11/h4-6,12-14H,1-3,7-8H2. The highest BCUT2D eigenvalue weighted by atomic mass is 32.2. The maximum absolute atomic E-state index is 11.5. The molecule has 5 heteroatoms. The average Bonchev–Trinajstić information content (AvgIpc) is 2.83. The van der Waals surface area contributed by atoms with Gasteiger partial charge in [0.25, 0.3) is 0 Å². The van der Waals surface area contributed by atoms with Crippen LogP contribution in [0.3, 0.4) is 0 Å². The van der Waals surface area contributed by atoms with Crippen LogP contribution in [0.15, 0.2) is 23.1 Å². The van der Waals surface area contributed by atoms with E-state index in [1.54, 1.807) is 0 Å². The third-order valence-electron chi connectivity index (χ3n) is 3.63. The molecule has 1 heterocycles. The Morgan fingerprint density at radius 2 is 1.94 bits per heavy atom. The summed E-state index contributed by atoms with van der Waals surface area (Å²) in [5.41, 5.74) is 2.80. The summed E-state index contributed by atoms with van der Waals surface area (Å²) in [7, 11) is -3.05. The number of aliphatic hydroxyl groups is 1. The van der Waals surface area contributed by atoms with Crippen LogP contribution >= 0.6 is 11.8 Å². The Morgan fingerprint density at radius 1 is 1.17 bits per heavy atom. The van der Waals surface area contributed by atoms with Crippen LogP contribution in [0.1, 0.15) is 17.5 Å². The molecule has 0 spiro atoms. The molecule has 2 atom stereocenters. The van der Waals surface area contributed by atoms with E-state index < -0.39 is 15.9 Å². The van der Waals surface area contributed by atoms with E-state index in [2.05, 4.69) is 12.1 Å². The second kappa shape index (κ2) is 4.54. The first kappa shape index (κ1) is 12.5. The Balaban J connectivity index is 1.77. The maximum atomic E-state index is 11.5. The maximum Gasteiger partial charge on any atom is 0.154 e. The van der Waals surface area contributed by atoms with Crippen molar-refractivity contribution < 1.29 is 13.5 Å². The second-order valence-corrected chi connectivity index (χ2v) is 8.55. The molecule has 0 aromatic heterocycles. The number of thioether (sulfide) groups is 1. The van der Waals surface area contributed by atoms with Gasteiger partial charge in [0, 0.05) is 4.90 Å². The highest BCUT2D eigenvalue weighted by Crippen LogP contribution is 2.34. The number of rotatable bonds is 2. The summed E-state index contributed by atoms with van der Waals surface area (Å²) in [5.74, 6) is 0.00548. The summed E-state index contributed by atoms with van der Waals surface area (Å²) < 4.78 is 22.9. The van der Waals surface area contributed by atoms with E-state index in [-0.39, 0.29) is 16.8 Å². The molecule has 0 amide bonds. The van der Waals surface area contributed by atoms with Gasteiger partial charge in [-0.2, -0.15) is 0 Å². The van der Waals surface area contributed by atoms with Gasteiger partial charge in [0.1, 0.15) is 0 Å². The Morgan fingerprint density at radius 3 is 2.67 bits per heavy atom. The van der Waals surface area contributed by atoms with Gasteiger partial charge in [0.2, 0.25) is 0 Å². The molecule has 2 aliphatic rings. The Hall–Kier alpha value is -0.520. The van der Waals surface area contributed by atoms with Crippen molar-refractivity contribution in [2.24, 2.45) is 0 Å². The molecule has 1 aliphatic heterocycles. The van der Waals surface area contributed by atoms with Crippen LogP contribution in [0.2, 0.25) is 0 Å². The molecular weight excluding hydrogens is 268 g/mol. The lowest BCUT2D eigenvalue weighted by Crippen LogP contribution is -2.19. The van der Waals surface area contributed by atoms with Gasteiger partial charge in [-0.3, -0.25) is 0 Å². The van der Waals surface area contributed by atoms with Crippen LogP contribution < -0.4 is 0 Å². The summed E-state index contributed by atoms with van der Waals surface area (Å²) >= 11 is 1.50. The van der Waals surface area contributed by atoms with Crippen molar-refractivity contribution >= 4 is 21.6 Å². The van der Waals surface area contributed by atoms with Crippen molar-refractivity contribution in [1.82, 2.24) is 0 Å². The molecule has 0 bridgehead atoms. The molecule has 18 heavy (non-hydrogen) atoms. The highest BCUT2D eigenvalue weighted by Gasteiger charge is 2.37. The van der Waals surface area contributed by atoms with Crippen molar-refractivity contribution in [1.29, 1.82) is 0 Å². The molecule has 1 aromatic rings. The molecule has 98 valence electrons. The predicted octanol–water partition coefficient (Wildman–Crippen LogP) is 1.43. The molecule has 2 unspecified atom stereocenters. The van der Waals surface area contributed by atoms with Gasteiger partial charge in [-0.1, -0.05) is 6.07 Å².